The molecule has 166 valence electrons. The first-order valence-electron chi connectivity index (χ1n) is 10.4. The first-order chi connectivity index (χ1) is 14.8. The number of nitrogen functional groups attached to an aromatic ring is 1. The third kappa shape index (κ3) is 5.49. The van der Waals surface area contributed by atoms with Gasteiger partial charge in [0.2, 0.25) is 17.8 Å². The average Bonchev–Trinajstić information content (AvgIpc) is 2.73. The summed E-state index contributed by atoms with van der Waals surface area (Å²) < 4.78 is 0. The number of nitrogens with two attached hydrogens (primary N) is 1. The number of fused-ring (bicyclic) bond motifs is 1. The topological polar surface area (TPSA) is 116 Å². The molecule has 31 heavy (non-hydrogen) atoms. The molecule has 1 aliphatic rings. The zero-order valence-electron chi connectivity index (χ0n) is 18.4. The molecule has 2 amide bonds. The van der Waals surface area contributed by atoms with Crippen molar-refractivity contribution in [3.63, 3.8) is 0 Å². The number of amides is 2. The van der Waals surface area contributed by atoms with Gasteiger partial charge in [0, 0.05) is 44.4 Å². The normalized spacial score (nSPS) is 15.8. The Kier molecular flexibility index (Phi) is 7.06. The number of rotatable bonds is 2. The highest BCUT2D eigenvalue weighted by Crippen LogP contribution is 2.23. The SMILES string of the molecule is CC(=O)N1CCCN(C)CCN(C(=O)Cc2c(C)nc(N)[nH]c2=O)Cc2ccccc21. The minimum Gasteiger partial charge on any atom is -0.369 e. The van der Waals surface area contributed by atoms with Gasteiger partial charge in [-0.2, -0.15) is 0 Å². The number of nitrogens with one attached hydrogen (secondary N) is 1. The quantitative estimate of drug-likeness (QED) is 0.738. The molecule has 2 aromatic rings. The van der Waals surface area contributed by atoms with E-state index < -0.39 is 5.56 Å². The summed E-state index contributed by atoms with van der Waals surface area (Å²) in [7, 11) is 2.00. The van der Waals surface area contributed by atoms with Gasteiger partial charge in [-0.25, -0.2) is 4.98 Å². The van der Waals surface area contributed by atoms with Gasteiger partial charge >= 0.3 is 0 Å². The molecule has 0 atom stereocenters. The van der Waals surface area contributed by atoms with Gasteiger partial charge in [0.05, 0.1) is 12.1 Å². The molecule has 0 bridgehead atoms. The number of aromatic nitrogens is 2. The van der Waals surface area contributed by atoms with Crippen LogP contribution in [0.1, 0.15) is 30.2 Å². The molecular weight excluding hydrogens is 396 g/mol. The van der Waals surface area contributed by atoms with E-state index in [1.807, 2.05) is 31.3 Å². The average molecular weight is 427 g/mol. The van der Waals surface area contributed by atoms with Gasteiger partial charge in [-0.05, 0) is 38.6 Å². The molecule has 1 aromatic carbocycles. The van der Waals surface area contributed by atoms with E-state index in [4.69, 9.17) is 5.73 Å². The summed E-state index contributed by atoms with van der Waals surface area (Å²) in [4.78, 5) is 50.1. The number of nitrogens with zero attached hydrogens (tertiary/aromatic N) is 4. The van der Waals surface area contributed by atoms with Crippen molar-refractivity contribution in [1.29, 1.82) is 0 Å². The van der Waals surface area contributed by atoms with E-state index in [1.165, 1.54) is 0 Å². The Morgan fingerprint density at radius 1 is 1.16 bits per heavy atom. The van der Waals surface area contributed by atoms with Crippen molar-refractivity contribution in [3.8, 4) is 0 Å². The van der Waals surface area contributed by atoms with Gasteiger partial charge < -0.3 is 20.4 Å². The highest BCUT2D eigenvalue weighted by Gasteiger charge is 2.23. The lowest BCUT2D eigenvalue weighted by molar-refractivity contribution is -0.131. The fourth-order valence-electron chi connectivity index (χ4n) is 3.86. The smallest absolute Gasteiger partial charge is 0.256 e. The van der Waals surface area contributed by atoms with Gasteiger partial charge in [-0.3, -0.25) is 19.4 Å². The highest BCUT2D eigenvalue weighted by atomic mass is 16.2. The zero-order chi connectivity index (χ0) is 22.5. The van der Waals surface area contributed by atoms with Crippen molar-refractivity contribution in [1.82, 2.24) is 19.8 Å². The Labute approximate surface area is 181 Å². The maximum Gasteiger partial charge on any atom is 0.256 e. The number of aromatic amines is 1. The largest absolute Gasteiger partial charge is 0.369 e. The molecule has 1 aromatic heterocycles. The molecule has 9 nitrogen and oxygen atoms in total. The Balaban J connectivity index is 1.93. The third-order valence-electron chi connectivity index (χ3n) is 5.62. The number of H-pyrrole nitrogens is 1. The van der Waals surface area contributed by atoms with Crippen molar-refractivity contribution in [2.24, 2.45) is 0 Å². The number of anilines is 2. The van der Waals surface area contributed by atoms with Crippen LogP contribution in [0.25, 0.3) is 0 Å². The maximum atomic E-state index is 13.3. The molecule has 0 aliphatic carbocycles. The lowest BCUT2D eigenvalue weighted by Crippen LogP contribution is -2.39. The Morgan fingerprint density at radius 2 is 1.90 bits per heavy atom. The maximum absolute atomic E-state index is 13.3. The van der Waals surface area contributed by atoms with Gasteiger partial charge in [-0.1, -0.05) is 18.2 Å². The molecule has 0 saturated carbocycles. The van der Waals surface area contributed by atoms with Gasteiger partial charge in [0.25, 0.3) is 5.56 Å². The Hall–Kier alpha value is -3.20. The summed E-state index contributed by atoms with van der Waals surface area (Å²) in [5.74, 6) is -0.159. The van der Waals surface area contributed by atoms with Gasteiger partial charge in [0.1, 0.15) is 0 Å². The monoisotopic (exact) mass is 426 g/mol. The standard InChI is InChI=1S/C22H30N6O3/c1-15-18(21(31)25-22(23)24-15)13-20(30)27-12-11-26(3)9-6-10-28(16(2)29)19-8-5-4-7-17(19)14-27/h4-5,7-8H,6,9-14H2,1-3H3,(H3,23,24,25,31). The van der Waals surface area contributed by atoms with Crippen LogP contribution < -0.4 is 16.2 Å². The summed E-state index contributed by atoms with van der Waals surface area (Å²) in [5, 5.41) is 0. The second-order valence-electron chi connectivity index (χ2n) is 7.96. The van der Waals surface area contributed by atoms with Crippen molar-refractivity contribution in [2.45, 2.75) is 33.2 Å². The lowest BCUT2D eigenvalue weighted by atomic mass is 10.1. The third-order valence-corrected chi connectivity index (χ3v) is 5.62. The van der Waals surface area contributed by atoms with Crippen molar-refractivity contribution < 1.29 is 9.59 Å². The molecular formula is C22H30N6O3. The van der Waals surface area contributed by atoms with Crippen LogP contribution in [0.15, 0.2) is 29.1 Å². The predicted molar refractivity (Wildman–Crippen MR) is 120 cm³/mol. The van der Waals surface area contributed by atoms with Crippen LogP contribution in [0.4, 0.5) is 11.6 Å². The first kappa shape index (κ1) is 22.5. The van der Waals surface area contributed by atoms with Crippen LogP contribution in [0.5, 0.6) is 0 Å². The summed E-state index contributed by atoms with van der Waals surface area (Å²) in [5.41, 5.74) is 7.69. The van der Waals surface area contributed by atoms with E-state index >= 15 is 0 Å². The summed E-state index contributed by atoms with van der Waals surface area (Å²) in [6.07, 6.45) is 0.779. The molecule has 1 aliphatic heterocycles. The second kappa shape index (κ2) is 9.74. The number of likely N-dealkylation sites (N-methyl/N-ethyl adjacent to an activating group) is 1. The minimum atomic E-state index is -0.392. The van der Waals surface area contributed by atoms with Gasteiger partial charge in [-0.15, -0.1) is 0 Å². The zero-order valence-corrected chi connectivity index (χ0v) is 18.4. The molecule has 0 spiro atoms. The first-order valence-corrected chi connectivity index (χ1v) is 10.4. The van der Waals surface area contributed by atoms with Crippen LogP contribution in [-0.2, 0) is 22.6 Å². The van der Waals surface area contributed by atoms with Crippen LogP contribution in [0.3, 0.4) is 0 Å². The Morgan fingerprint density at radius 3 is 2.61 bits per heavy atom. The van der Waals surface area contributed by atoms with Crippen LogP contribution in [0, 0.1) is 6.92 Å². The van der Waals surface area contributed by atoms with Crippen LogP contribution >= 0.6 is 0 Å². The molecule has 0 fully saturated rings. The molecule has 9 heteroatoms. The van der Waals surface area contributed by atoms with E-state index in [-0.39, 0.29) is 24.2 Å². The van der Waals surface area contributed by atoms with E-state index in [1.54, 1.807) is 23.6 Å². The van der Waals surface area contributed by atoms with Crippen molar-refractivity contribution in [2.75, 3.05) is 43.9 Å². The molecule has 2 heterocycles. The van der Waals surface area contributed by atoms with E-state index in [2.05, 4.69) is 14.9 Å². The van der Waals surface area contributed by atoms with Crippen LogP contribution in [0.2, 0.25) is 0 Å². The number of hydrogen-bond acceptors (Lipinski definition) is 6. The van der Waals surface area contributed by atoms with Crippen LogP contribution in [-0.4, -0.2) is 64.8 Å². The van der Waals surface area contributed by atoms with E-state index in [0.717, 1.165) is 24.2 Å². The number of aryl methyl sites for hydroxylation is 1. The second-order valence-corrected chi connectivity index (χ2v) is 7.96. The van der Waals surface area contributed by atoms with E-state index in [0.29, 0.717) is 37.4 Å². The summed E-state index contributed by atoms with van der Waals surface area (Å²) in [6, 6.07) is 7.66. The summed E-state index contributed by atoms with van der Waals surface area (Å²) >= 11 is 0. The molecule has 0 saturated heterocycles. The van der Waals surface area contributed by atoms with Crippen molar-refractivity contribution in [3.05, 3.63) is 51.4 Å². The number of para-hydroxylation sites is 1. The molecule has 3 N–H and O–H groups in total. The number of benzene rings is 1. The summed E-state index contributed by atoms with van der Waals surface area (Å²) in [6.45, 7) is 6.24. The Bertz CT molecular complexity index is 1020. The fourth-order valence-corrected chi connectivity index (χ4v) is 3.86. The molecule has 3 rings (SSSR count). The number of carbonyl (C=O) groups excluding carboxylic acids is 2. The number of carbonyl (C=O) groups is 2. The number of hydrogen-bond donors (Lipinski definition) is 2. The van der Waals surface area contributed by atoms with Gasteiger partial charge in [0.15, 0.2) is 0 Å². The minimum absolute atomic E-state index is 0.0256. The van der Waals surface area contributed by atoms with E-state index in [9.17, 15) is 14.4 Å². The lowest BCUT2D eigenvalue weighted by Gasteiger charge is -2.27. The van der Waals surface area contributed by atoms with Crippen molar-refractivity contribution >= 4 is 23.5 Å². The highest BCUT2D eigenvalue weighted by molar-refractivity contribution is 5.92. The predicted octanol–water partition coefficient (Wildman–Crippen LogP) is 0.920. The fraction of sp³-hybridized carbons (Fsp3) is 0.455. The molecule has 0 unspecified atom stereocenters. The molecule has 0 radical (unpaired) electrons.